The van der Waals surface area contributed by atoms with Gasteiger partial charge in [0.05, 0.1) is 17.7 Å². The molecule has 1 atom stereocenters. The number of carbonyl (C=O) groups is 1. The standard InChI is InChI=1S/C24H24F6N2O3/c25-23(26,27)17-4-6-19(7-5-17)34-20(16-2-1-3-18(14-16)24(28,29)30)8-11-32-12-9-22(10-13-32)15-31-21(33)35-22/h1-7,14,20H,8-13,15H2,(H,31,33). The summed E-state index contributed by atoms with van der Waals surface area (Å²) in [4.78, 5) is 13.5. The average molecular weight is 502 g/mol. The molecule has 2 heterocycles. The third-order valence-corrected chi connectivity index (χ3v) is 6.38. The zero-order valence-corrected chi connectivity index (χ0v) is 18.6. The fourth-order valence-corrected chi connectivity index (χ4v) is 4.36. The number of amides is 1. The zero-order chi connectivity index (χ0) is 25.3. The van der Waals surface area contributed by atoms with Gasteiger partial charge >= 0.3 is 18.4 Å². The van der Waals surface area contributed by atoms with Crippen LogP contribution in [0, 0.1) is 0 Å². The predicted molar refractivity (Wildman–Crippen MR) is 114 cm³/mol. The summed E-state index contributed by atoms with van der Waals surface area (Å²) in [5.41, 5.74) is -1.91. The van der Waals surface area contributed by atoms with Gasteiger partial charge in [-0.3, -0.25) is 0 Å². The molecule has 5 nitrogen and oxygen atoms in total. The maximum absolute atomic E-state index is 13.3. The number of rotatable bonds is 6. The van der Waals surface area contributed by atoms with Gasteiger partial charge in [-0.2, -0.15) is 26.3 Å². The van der Waals surface area contributed by atoms with Gasteiger partial charge in [0.15, 0.2) is 0 Å². The fourth-order valence-electron chi connectivity index (χ4n) is 4.36. The van der Waals surface area contributed by atoms with Crippen LogP contribution in [0.5, 0.6) is 5.75 Å². The number of hydrogen-bond acceptors (Lipinski definition) is 4. The number of ether oxygens (including phenoxy) is 2. The van der Waals surface area contributed by atoms with Gasteiger partial charge in [0.1, 0.15) is 17.5 Å². The molecule has 0 bridgehead atoms. The van der Waals surface area contributed by atoms with E-state index in [1.54, 1.807) is 0 Å². The molecule has 0 saturated carbocycles. The van der Waals surface area contributed by atoms with E-state index in [-0.39, 0.29) is 11.3 Å². The van der Waals surface area contributed by atoms with Crippen LogP contribution in [0.4, 0.5) is 31.1 Å². The lowest BCUT2D eigenvalue weighted by Gasteiger charge is -2.37. The molecule has 1 unspecified atom stereocenters. The fraction of sp³-hybridized carbons (Fsp3) is 0.458. The molecule has 1 N–H and O–H groups in total. The summed E-state index contributed by atoms with van der Waals surface area (Å²) in [6.07, 6.45) is -8.73. The topological polar surface area (TPSA) is 50.8 Å². The minimum Gasteiger partial charge on any atom is -0.486 e. The van der Waals surface area contributed by atoms with Gasteiger partial charge in [-0.05, 0) is 42.0 Å². The monoisotopic (exact) mass is 502 g/mol. The molecule has 2 aromatic rings. The molecule has 4 rings (SSSR count). The summed E-state index contributed by atoms with van der Waals surface area (Å²) in [6.45, 7) is 2.19. The van der Waals surface area contributed by atoms with Gasteiger partial charge in [-0.15, -0.1) is 0 Å². The summed E-state index contributed by atoms with van der Waals surface area (Å²) in [6, 6.07) is 8.83. The van der Waals surface area contributed by atoms with Crippen LogP contribution in [0.3, 0.4) is 0 Å². The lowest BCUT2D eigenvalue weighted by Crippen LogP contribution is -2.47. The van der Waals surface area contributed by atoms with E-state index in [1.807, 2.05) is 0 Å². The Balaban J connectivity index is 1.47. The van der Waals surface area contributed by atoms with E-state index in [0.29, 0.717) is 45.4 Å². The van der Waals surface area contributed by atoms with Crippen LogP contribution in [-0.2, 0) is 17.1 Å². The number of benzene rings is 2. The van der Waals surface area contributed by atoms with Gasteiger partial charge in [0.2, 0.25) is 0 Å². The SMILES string of the molecule is O=C1NCC2(CCN(CCC(Oc3ccc(C(F)(F)F)cc3)c3cccc(C(F)(F)F)c3)CC2)O1. The molecule has 1 spiro atoms. The van der Waals surface area contributed by atoms with Crippen molar-refractivity contribution < 1.29 is 40.6 Å². The Bertz CT molecular complexity index is 1030. The van der Waals surface area contributed by atoms with Crippen LogP contribution in [0.15, 0.2) is 48.5 Å². The highest BCUT2D eigenvalue weighted by Crippen LogP contribution is 2.35. The van der Waals surface area contributed by atoms with Crippen molar-refractivity contribution in [3.63, 3.8) is 0 Å². The van der Waals surface area contributed by atoms with Gasteiger partial charge in [-0.1, -0.05) is 12.1 Å². The van der Waals surface area contributed by atoms with Crippen molar-refractivity contribution in [1.29, 1.82) is 0 Å². The Hall–Kier alpha value is -2.95. The van der Waals surface area contributed by atoms with Crippen molar-refractivity contribution in [2.24, 2.45) is 0 Å². The smallest absolute Gasteiger partial charge is 0.416 e. The largest absolute Gasteiger partial charge is 0.486 e. The number of piperidine rings is 1. The number of hydrogen-bond donors (Lipinski definition) is 1. The second-order valence-electron chi connectivity index (χ2n) is 8.81. The van der Waals surface area contributed by atoms with Crippen LogP contribution >= 0.6 is 0 Å². The summed E-state index contributed by atoms with van der Waals surface area (Å²) >= 11 is 0. The van der Waals surface area contributed by atoms with Crippen molar-refractivity contribution >= 4 is 6.09 Å². The van der Waals surface area contributed by atoms with Crippen molar-refractivity contribution in [2.45, 2.75) is 43.3 Å². The van der Waals surface area contributed by atoms with Crippen molar-refractivity contribution in [3.05, 3.63) is 65.2 Å². The molecule has 2 fully saturated rings. The molecule has 35 heavy (non-hydrogen) atoms. The normalized spacial score (nSPS) is 19.3. The maximum Gasteiger partial charge on any atom is 0.416 e. The van der Waals surface area contributed by atoms with Gasteiger partial charge in [-0.25, -0.2) is 4.79 Å². The molecule has 11 heteroatoms. The number of alkyl carbamates (subject to hydrolysis) is 1. The molecule has 0 radical (unpaired) electrons. The van der Waals surface area contributed by atoms with Gasteiger partial charge in [0.25, 0.3) is 0 Å². The Labute approximate surface area is 198 Å². The summed E-state index contributed by atoms with van der Waals surface area (Å²) in [5, 5.41) is 2.66. The van der Waals surface area contributed by atoms with Gasteiger partial charge in [0, 0.05) is 38.9 Å². The number of alkyl halides is 6. The van der Waals surface area contributed by atoms with E-state index in [0.717, 1.165) is 36.4 Å². The third kappa shape index (κ3) is 6.19. The molecular weight excluding hydrogens is 478 g/mol. The highest BCUT2D eigenvalue weighted by Gasteiger charge is 2.42. The minimum absolute atomic E-state index is 0.127. The first-order chi connectivity index (χ1) is 16.4. The van der Waals surface area contributed by atoms with E-state index < -0.39 is 41.3 Å². The van der Waals surface area contributed by atoms with E-state index >= 15 is 0 Å². The van der Waals surface area contributed by atoms with Crippen LogP contribution in [0.2, 0.25) is 0 Å². The molecule has 0 aromatic heterocycles. The first-order valence-electron chi connectivity index (χ1n) is 11.1. The van der Waals surface area contributed by atoms with Gasteiger partial charge < -0.3 is 19.7 Å². The van der Waals surface area contributed by atoms with Crippen LogP contribution in [-0.4, -0.2) is 42.8 Å². The molecule has 2 saturated heterocycles. The number of likely N-dealkylation sites (tertiary alicyclic amines) is 1. The molecule has 2 aliphatic heterocycles. The predicted octanol–water partition coefficient (Wildman–Crippen LogP) is 5.81. The lowest BCUT2D eigenvalue weighted by atomic mass is 9.91. The molecule has 1 amide bonds. The second kappa shape index (κ2) is 9.60. The molecule has 190 valence electrons. The van der Waals surface area contributed by atoms with E-state index in [1.165, 1.54) is 12.1 Å². The Morgan fingerprint density at radius 3 is 2.20 bits per heavy atom. The first kappa shape index (κ1) is 25.2. The van der Waals surface area contributed by atoms with E-state index in [9.17, 15) is 31.1 Å². The molecular formula is C24H24F6N2O3. The van der Waals surface area contributed by atoms with E-state index in [2.05, 4.69) is 10.2 Å². The summed E-state index contributed by atoms with van der Waals surface area (Å²) in [7, 11) is 0. The Morgan fingerprint density at radius 2 is 1.63 bits per heavy atom. The Kier molecular flexibility index (Phi) is 6.90. The maximum atomic E-state index is 13.3. The van der Waals surface area contributed by atoms with Crippen LogP contribution in [0.1, 0.15) is 42.1 Å². The molecule has 2 aliphatic rings. The number of nitrogens with zero attached hydrogens (tertiary/aromatic N) is 1. The highest BCUT2D eigenvalue weighted by molar-refractivity contribution is 5.70. The average Bonchev–Trinajstić information content (AvgIpc) is 3.17. The first-order valence-corrected chi connectivity index (χ1v) is 11.1. The van der Waals surface area contributed by atoms with Crippen molar-refractivity contribution in [3.8, 4) is 5.75 Å². The number of halogens is 6. The quantitative estimate of drug-likeness (QED) is 0.507. The highest BCUT2D eigenvalue weighted by atomic mass is 19.4. The zero-order valence-electron chi connectivity index (χ0n) is 18.6. The Morgan fingerprint density at radius 1 is 0.971 bits per heavy atom. The summed E-state index contributed by atoms with van der Waals surface area (Å²) in [5.74, 6) is 0.127. The number of nitrogens with one attached hydrogen (secondary N) is 1. The third-order valence-electron chi connectivity index (χ3n) is 6.38. The molecule has 2 aromatic carbocycles. The summed E-state index contributed by atoms with van der Waals surface area (Å²) < 4.78 is 89.7. The van der Waals surface area contributed by atoms with Crippen LogP contribution in [0.25, 0.3) is 0 Å². The van der Waals surface area contributed by atoms with Crippen molar-refractivity contribution in [2.75, 3.05) is 26.2 Å². The number of carbonyl (C=O) groups excluding carboxylic acids is 1. The van der Waals surface area contributed by atoms with E-state index in [4.69, 9.17) is 9.47 Å². The van der Waals surface area contributed by atoms with Crippen molar-refractivity contribution in [1.82, 2.24) is 10.2 Å². The molecule has 0 aliphatic carbocycles. The second-order valence-corrected chi connectivity index (χ2v) is 8.81. The van der Waals surface area contributed by atoms with Crippen LogP contribution < -0.4 is 10.1 Å². The lowest BCUT2D eigenvalue weighted by molar-refractivity contribution is -0.138. The minimum atomic E-state index is -4.54.